The van der Waals surface area contributed by atoms with Crippen LogP contribution < -0.4 is 0 Å². The smallest absolute Gasteiger partial charge is 0.263 e. The molecule has 0 aliphatic carbocycles. The Kier molecular flexibility index (Phi) is 3.21. The van der Waals surface area contributed by atoms with Crippen LogP contribution in [0.4, 0.5) is 4.39 Å². The fraction of sp³-hybridized carbons (Fsp3) is 0.167. The highest BCUT2D eigenvalue weighted by Gasteiger charge is 2.19. The molecule has 0 fully saturated rings. The van der Waals surface area contributed by atoms with Gasteiger partial charge < -0.3 is 4.57 Å². The fourth-order valence-corrected chi connectivity index (χ4v) is 3.19. The number of hydrogen-bond acceptors (Lipinski definition) is 2. The summed E-state index contributed by atoms with van der Waals surface area (Å²) in [5.74, 6) is -0.341. The lowest BCUT2D eigenvalue weighted by molar-refractivity contribution is 0.608. The molecule has 0 saturated carbocycles. The third-order valence-electron chi connectivity index (χ3n) is 2.73. The van der Waals surface area contributed by atoms with E-state index >= 15 is 0 Å². The van der Waals surface area contributed by atoms with Gasteiger partial charge in [-0.15, -0.1) is 0 Å². The summed E-state index contributed by atoms with van der Waals surface area (Å²) in [6, 6.07) is 7.31. The molecule has 0 aliphatic heterocycles. The molecule has 2 aromatic rings. The summed E-state index contributed by atoms with van der Waals surface area (Å²) >= 11 is 0. The predicted octanol–water partition coefficient (Wildman–Crippen LogP) is 3.16. The van der Waals surface area contributed by atoms with E-state index in [2.05, 4.69) is 0 Å². The molecule has 0 aliphatic rings. The summed E-state index contributed by atoms with van der Waals surface area (Å²) in [5.41, 5.74) is 1.92. The minimum Gasteiger partial charge on any atom is -0.317 e. The number of aryl methyl sites for hydroxylation is 1. The van der Waals surface area contributed by atoms with Gasteiger partial charge in [-0.1, -0.05) is 0 Å². The SMILES string of the molecule is Cc1cc(S(=O)(=O)Cl)c(C)n1-c1ccc(F)cc1. The van der Waals surface area contributed by atoms with Gasteiger partial charge in [0.2, 0.25) is 0 Å². The summed E-state index contributed by atoms with van der Waals surface area (Å²) in [7, 11) is 1.59. The number of aromatic nitrogens is 1. The minimum absolute atomic E-state index is 0.0750. The van der Waals surface area contributed by atoms with E-state index in [-0.39, 0.29) is 10.7 Å². The molecule has 2 rings (SSSR count). The molecule has 0 N–H and O–H groups in total. The van der Waals surface area contributed by atoms with Crippen LogP contribution in [0.5, 0.6) is 0 Å². The standard InChI is InChI=1S/C12H11ClFNO2S/c1-8-7-12(18(13,16)17)9(2)15(8)11-5-3-10(14)4-6-11/h3-7H,1-2H3. The lowest BCUT2D eigenvalue weighted by atomic mass is 10.3. The minimum atomic E-state index is -3.77. The maximum atomic E-state index is 12.9. The molecule has 3 nitrogen and oxygen atoms in total. The van der Waals surface area contributed by atoms with Crippen LogP contribution in [0, 0.1) is 19.7 Å². The van der Waals surface area contributed by atoms with E-state index in [0.717, 1.165) is 5.69 Å². The Morgan fingerprint density at radius 2 is 1.72 bits per heavy atom. The second-order valence-corrected chi connectivity index (χ2v) is 6.52. The summed E-state index contributed by atoms with van der Waals surface area (Å²) < 4.78 is 37.4. The molecule has 18 heavy (non-hydrogen) atoms. The highest BCUT2D eigenvalue weighted by Crippen LogP contribution is 2.26. The molecule has 0 radical (unpaired) electrons. The van der Waals surface area contributed by atoms with Crippen molar-refractivity contribution in [3.8, 4) is 5.69 Å². The van der Waals surface area contributed by atoms with Crippen molar-refractivity contribution in [2.75, 3.05) is 0 Å². The van der Waals surface area contributed by atoms with Gasteiger partial charge in [0.25, 0.3) is 9.05 Å². The Labute approximate surface area is 109 Å². The van der Waals surface area contributed by atoms with Gasteiger partial charge in [-0.25, -0.2) is 12.8 Å². The molecule has 1 aromatic heterocycles. The number of benzene rings is 1. The van der Waals surface area contributed by atoms with Crippen molar-refractivity contribution in [3.63, 3.8) is 0 Å². The van der Waals surface area contributed by atoms with Gasteiger partial charge in [0.1, 0.15) is 10.7 Å². The van der Waals surface area contributed by atoms with Gasteiger partial charge in [-0.05, 0) is 44.2 Å². The number of nitrogens with zero attached hydrogens (tertiary/aromatic N) is 1. The first-order chi connectivity index (χ1) is 8.30. The second kappa shape index (κ2) is 4.40. The second-order valence-electron chi connectivity index (χ2n) is 3.99. The van der Waals surface area contributed by atoms with E-state index in [1.54, 1.807) is 30.5 Å². The number of halogens is 2. The van der Waals surface area contributed by atoms with Crippen LogP contribution in [0.3, 0.4) is 0 Å². The van der Waals surface area contributed by atoms with Gasteiger partial charge in [0, 0.05) is 27.8 Å². The van der Waals surface area contributed by atoms with Crippen molar-refractivity contribution in [1.29, 1.82) is 0 Å². The summed E-state index contributed by atoms with van der Waals surface area (Å²) in [5, 5.41) is 0. The third-order valence-corrected chi connectivity index (χ3v) is 4.17. The molecule has 1 heterocycles. The van der Waals surface area contributed by atoms with Crippen LogP contribution in [0.15, 0.2) is 35.2 Å². The van der Waals surface area contributed by atoms with Gasteiger partial charge in [-0.2, -0.15) is 0 Å². The average molecular weight is 288 g/mol. The van der Waals surface area contributed by atoms with Crippen LogP contribution in [0.2, 0.25) is 0 Å². The van der Waals surface area contributed by atoms with Crippen molar-refractivity contribution < 1.29 is 12.8 Å². The molecule has 1 aromatic carbocycles. The quantitative estimate of drug-likeness (QED) is 0.796. The van der Waals surface area contributed by atoms with Crippen LogP contribution in [-0.2, 0) is 9.05 Å². The zero-order valence-electron chi connectivity index (χ0n) is 9.81. The largest absolute Gasteiger partial charge is 0.317 e. The Morgan fingerprint density at radius 1 is 1.17 bits per heavy atom. The van der Waals surface area contributed by atoms with Crippen LogP contribution in [-0.4, -0.2) is 13.0 Å². The maximum Gasteiger partial charge on any atom is 0.263 e. The lowest BCUT2D eigenvalue weighted by Gasteiger charge is -2.09. The van der Waals surface area contributed by atoms with Gasteiger partial charge >= 0.3 is 0 Å². The summed E-state index contributed by atoms with van der Waals surface area (Å²) in [4.78, 5) is 0.0750. The van der Waals surface area contributed by atoms with E-state index in [1.807, 2.05) is 0 Å². The zero-order valence-corrected chi connectivity index (χ0v) is 11.4. The molecule has 0 atom stereocenters. The van der Waals surface area contributed by atoms with Crippen molar-refractivity contribution in [2.24, 2.45) is 0 Å². The first kappa shape index (κ1) is 13.1. The monoisotopic (exact) mass is 287 g/mol. The summed E-state index contributed by atoms with van der Waals surface area (Å²) in [6.45, 7) is 3.42. The van der Waals surface area contributed by atoms with Crippen LogP contribution >= 0.6 is 10.7 Å². The van der Waals surface area contributed by atoms with E-state index in [0.29, 0.717) is 11.4 Å². The Bertz CT molecular complexity index is 690. The molecule has 0 bridgehead atoms. The zero-order chi connectivity index (χ0) is 13.5. The Hall–Kier alpha value is -1.33. The fourth-order valence-electron chi connectivity index (χ4n) is 1.97. The van der Waals surface area contributed by atoms with Gasteiger partial charge in [0.05, 0.1) is 0 Å². The molecular formula is C12H11ClFNO2S. The molecule has 6 heteroatoms. The Morgan fingerprint density at radius 3 is 2.17 bits per heavy atom. The third kappa shape index (κ3) is 2.28. The predicted molar refractivity (Wildman–Crippen MR) is 68.2 cm³/mol. The lowest BCUT2D eigenvalue weighted by Crippen LogP contribution is -2.00. The Balaban J connectivity index is 2.66. The summed E-state index contributed by atoms with van der Waals surface area (Å²) in [6.07, 6.45) is 0. The molecule has 96 valence electrons. The number of hydrogen-bond donors (Lipinski definition) is 0. The van der Waals surface area contributed by atoms with E-state index in [4.69, 9.17) is 10.7 Å². The van der Waals surface area contributed by atoms with Gasteiger partial charge in [-0.3, -0.25) is 0 Å². The number of rotatable bonds is 2. The topological polar surface area (TPSA) is 39.1 Å². The average Bonchev–Trinajstić information content (AvgIpc) is 2.56. The van der Waals surface area contributed by atoms with E-state index in [9.17, 15) is 12.8 Å². The molecule has 0 unspecified atom stereocenters. The first-order valence-corrected chi connectivity index (χ1v) is 7.51. The maximum absolute atomic E-state index is 12.9. The van der Waals surface area contributed by atoms with Crippen molar-refractivity contribution >= 4 is 19.7 Å². The van der Waals surface area contributed by atoms with E-state index in [1.165, 1.54) is 18.2 Å². The highest BCUT2D eigenvalue weighted by atomic mass is 35.7. The van der Waals surface area contributed by atoms with Crippen LogP contribution in [0.25, 0.3) is 5.69 Å². The van der Waals surface area contributed by atoms with E-state index < -0.39 is 9.05 Å². The van der Waals surface area contributed by atoms with Crippen molar-refractivity contribution in [3.05, 3.63) is 47.5 Å². The van der Waals surface area contributed by atoms with Gasteiger partial charge in [0.15, 0.2) is 0 Å². The normalized spacial score (nSPS) is 11.8. The molecular weight excluding hydrogens is 277 g/mol. The molecule has 0 amide bonds. The first-order valence-electron chi connectivity index (χ1n) is 5.20. The van der Waals surface area contributed by atoms with Crippen LogP contribution in [0.1, 0.15) is 11.4 Å². The molecule has 0 saturated heterocycles. The molecule has 0 spiro atoms. The van der Waals surface area contributed by atoms with Crippen molar-refractivity contribution in [2.45, 2.75) is 18.7 Å². The van der Waals surface area contributed by atoms with Crippen molar-refractivity contribution in [1.82, 2.24) is 4.57 Å². The highest BCUT2D eigenvalue weighted by molar-refractivity contribution is 8.13.